The maximum absolute atomic E-state index is 6.99. The fourth-order valence-corrected chi connectivity index (χ4v) is 10.2. The predicted octanol–water partition coefficient (Wildman–Crippen LogP) is 19.2. The SMILES string of the molecule is Clc1ccc(Cl)c(-c2c3nc(c(-c4c(Cl)ccc(Cl)c4Cl)c4ccc([nH]4)c(-c4c(Cl)ccc(Cl)c4Cl)c4nc(c(-c5c(Cl)ccc(Cl)c5Cl)c5ccc2[nH]5)C=C4)C=C3)c1Cl.[Cu]. The van der Waals surface area contributed by atoms with E-state index in [-0.39, 0.29) is 57.2 Å². The van der Waals surface area contributed by atoms with Crippen LogP contribution in [0.2, 0.25) is 60.3 Å². The summed E-state index contributed by atoms with van der Waals surface area (Å²) < 4.78 is 0. The van der Waals surface area contributed by atoms with Gasteiger partial charge in [-0.2, -0.15) is 0 Å². The van der Waals surface area contributed by atoms with Crippen molar-refractivity contribution in [3.8, 4) is 44.5 Å². The molecule has 17 heteroatoms. The van der Waals surface area contributed by atoms with Gasteiger partial charge in [0.1, 0.15) is 0 Å². The van der Waals surface area contributed by atoms with E-state index in [2.05, 4.69) is 9.97 Å². The average molecular weight is 1090 g/mol. The van der Waals surface area contributed by atoms with Gasteiger partial charge in [0.2, 0.25) is 0 Å². The molecule has 0 spiro atoms. The number of halogens is 12. The maximum atomic E-state index is 6.99. The van der Waals surface area contributed by atoms with E-state index in [4.69, 9.17) is 149 Å². The third-order valence-electron chi connectivity index (χ3n) is 9.93. The van der Waals surface area contributed by atoms with Gasteiger partial charge in [-0.3, -0.25) is 0 Å². The van der Waals surface area contributed by atoms with Crippen LogP contribution in [-0.2, 0) is 17.1 Å². The smallest absolute Gasteiger partial charge is 0.0738 e. The Bertz CT molecular complexity index is 2840. The second kappa shape index (κ2) is 17.8. The number of H-pyrrole nitrogens is 2. The largest absolute Gasteiger partial charge is 0.354 e. The summed E-state index contributed by atoms with van der Waals surface area (Å²) in [4.78, 5) is 17.5. The van der Waals surface area contributed by atoms with Crippen LogP contribution in [0.25, 0.3) is 90.9 Å². The second-order valence-electron chi connectivity index (χ2n) is 13.4. The molecule has 0 fully saturated rings. The standard InChI is InChI=1S/C44H18Cl12N4.Cu/c45-17-1-5-21(49)41(53)33(17)37-25-9-11-27(57-25)38(34-18(46)2-6-22(50)42(34)54)29-13-15-31(59-29)40(36-20(48)4-8-24(52)44(36)56)32-16-14-30(60-32)39(28-12-10-26(37)58-28)35-19(47)3-7-23(51)43(35)55;/h1-16,57,60H;. The van der Waals surface area contributed by atoms with E-state index >= 15 is 0 Å². The molecular weight excluding hydrogens is 1070 g/mol. The van der Waals surface area contributed by atoms with E-state index in [0.717, 1.165) is 0 Å². The zero-order valence-electron chi connectivity index (χ0n) is 30.0. The molecule has 7 aromatic rings. The number of aromatic amines is 2. The Balaban J connectivity index is 0.00000514. The van der Waals surface area contributed by atoms with Crippen LogP contribution in [0.4, 0.5) is 0 Å². The number of fused-ring (bicyclic) bond motifs is 8. The number of nitrogens with one attached hydrogen (secondary N) is 2. The molecule has 8 bridgehead atoms. The van der Waals surface area contributed by atoms with Crippen molar-refractivity contribution >= 4 is 186 Å². The minimum absolute atomic E-state index is 0. The minimum atomic E-state index is 0. The molecule has 1 radical (unpaired) electrons. The molecule has 4 aromatic carbocycles. The summed E-state index contributed by atoms with van der Waals surface area (Å²) in [5, 5.41) is 3.25. The van der Waals surface area contributed by atoms with Crippen molar-refractivity contribution < 1.29 is 17.1 Å². The van der Waals surface area contributed by atoms with Crippen LogP contribution in [0.5, 0.6) is 0 Å². The summed E-state index contributed by atoms with van der Waals surface area (Å²) in [7, 11) is 0. The van der Waals surface area contributed by atoms with Crippen LogP contribution in [-0.4, -0.2) is 19.9 Å². The van der Waals surface area contributed by atoms with Crippen molar-refractivity contribution in [1.82, 2.24) is 19.9 Å². The maximum Gasteiger partial charge on any atom is 0.0738 e. The molecule has 2 aliphatic rings. The van der Waals surface area contributed by atoms with Gasteiger partial charge < -0.3 is 9.97 Å². The number of rotatable bonds is 4. The molecule has 0 saturated carbocycles. The summed E-state index contributed by atoms with van der Waals surface area (Å²) in [6, 6.07) is 20.6. The number of aromatic nitrogens is 4. The molecule has 3 aromatic heterocycles. The minimum Gasteiger partial charge on any atom is -0.354 e. The number of benzene rings is 4. The fourth-order valence-electron chi connectivity index (χ4n) is 7.28. The average Bonchev–Trinajstić information content (AvgIpc) is 4.07. The predicted molar refractivity (Wildman–Crippen MR) is 261 cm³/mol. The van der Waals surface area contributed by atoms with Gasteiger partial charge in [0.05, 0.1) is 83.0 Å². The summed E-state index contributed by atoms with van der Waals surface area (Å²) >= 11 is 82.4. The molecule has 0 saturated heterocycles. The molecule has 4 nitrogen and oxygen atoms in total. The van der Waals surface area contributed by atoms with Crippen molar-refractivity contribution in [2.24, 2.45) is 0 Å². The first-order chi connectivity index (χ1) is 28.7. The van der Waals surface area contributed by atoms with Crippen LogP contribution in [0.3, 0.4) is 0 Å². The van der Waals surface area contributed by atoms with E-state index < -0.39 is 0 Å². The summed E-state index contributed by atoms with van der Waals surface area (Å²) in [6.07, 6.45) is 7.32. The molecule has 0 amide bonds. The number of hydrogen-bond acceptors (Lipinski definition) is 2. The van der Waals surface area contributed by atoms with Crippen LogP contribution in [0.1, 0.15) is 22.8 Å². The Hall–Kier alpha value is -2.52. The van der Waals surface area contributed by atoms with Gasteiger partial charge >= 0.3 is 0 Å². The van der Waals surface area contributed by atoms with E-state index in [9.17, 15) is 0 Å². The fraction of sp³-hybridized carbons (Fsp3) is 0. The van der Waals surface area contributed by atoms with E-state index in [0.29, 0.717) is 109 Å². The van der Waals surface area contributed by atoms with Gasteiger partial charge in [-0.05, 0) is 97.1 Å². The summed E-state index contributed by atoms with van der Waals surface area (Å²) in [5.41, 5.74) is 7.87. The van der Waals surface area contributed by atoms with E-state index in [1.165, 1.54) is 0 Å². The molecule has 0 aliphatic carbocycles. The molecule has 2 aliphatic heterocycles. The summed E-state index contributed by atoms with van der Waals surface area (Å²) in [6.45, 7) is 0. The molecule has 2 N–H and O–H groups in total. The molecule has 5 heterocycles. The third-order valence-corrected chi connectivity index (χ3v) is 14.4. The molecule has 0 unspecified atom stereocenters. The van der Waals surface area contributed by atoms with Gasteiger partial charge in [-0.1, -0.05) is 139 Å². The number of hydrogen-bond donors (Lipinski definition) is 2. The van der Waals surface area contributed by atoms with E-state index in [1.807, 2.05) is 48.6 Å². The Kier molecular flexibility index (Phi) is 13.2. The van der Waals surface area contributed by atoms with Crippen molar-refractivity contribution in [1.29, 1.82) is 0 Å². The zero-order chi connectivity index (χ0) is 42.3. The molecule has 309 valence electrons. The molecular formula is C44H18Cl12CuN4. The van der Waals surface area contributed by atoms with Crippen LogP contribution in [0.15, 0.2) is 72.8 Å². The quantitative estimate of drug-likeness (QED) is 0.136. The number of nitrogens with zero attached hydrogens (tertiary/aromatic N) is 2. The monoisotopic (exact) mass is 1080 g/mol. The zero-order valence-corrected chi connectivity index (χ0v) is 40.0. The van der Waals surface area contributed by atoms with E-state index in [1.54, 1.807) is 48.5 Å². The van der Waals surface area contributed by atoms with Crippen LogP contribution in [0, 0.1) is 0 Å². The summed E-state index contributed by atoms with van der Waals surface area (Å²) in [5.74, 6) is 0. The van der Waals surface area contributed by atoms with Gasteiger partial charge in [-0.25, -0.2) is 9.97 Å². The van der Waals surface area contributed by atoms with Crippen molar-refractivity contribution in [2.45, 2.75) is 0 Å². The molecule has 0 atom stereocenters. The third kappa shape index (κ3) is 7.92. The van der Waals surface area contributed by atoms with Gasteiger partial charge in [0, 0.05) is 83.6 Å². The normalized spacial score (nSPS) is 12.0. The Morgan fingerprint density at radius 2 is 0.459 bits per heavy atom. The molecule has 9 rings (SSSR count). The van der Waals surface area contributed by atoms with Crippen molar-refractivity contribution in [3.05, 3.63) is 156 Å². The first kappa shape index (κ1) is 45.1. The van der Waals surface area contributed by atoms with Gasteiger partial charge in [-0.15, -0.1) is 0 Å². The Morgan fingerprint density at radius 3 is 0.672 bits per heavy atom. The van der Waals surface area contributed by atoms with Crippen LogP contribution >= 0.6 is 139 Å². The second-order valence-corrected chi connectivity index (χ2v) is 18.1. The first-order valence-corrected chi connectivity index (χ1v) is 22.0. The topological polar surface area (TPSA) is 57.4 Å². The Morgan fingerprint density at radius 1 is 0.262 bits per heavy atom. The van der Waals surface area contributed by atoms with Crippen molar-refractivity contribution in [2.75, 3.05) is 0 Å². The molecule has 61 heavy (non-hydrogen) atoms. The van der Waals surface area contributed by atoms with Gasteiger partial charge in [0.15, 0.2) is 0 Å². The van der Waals surface area contributed by atoms with Crippen LogP contribution < -0.4 is 0 Å². The Labute approximate surface area is 418 Å². The van der Waals surface area contributed by atoms with Crippen molar-refractivity contribution in [3.63, 3.8) is 0 Å². The van der Waals surface area contributed by atoms with Gasteiger partial charge in [0.25, 0.3) is 0 Å². The first-order valence-electron chi connectivity index (χ1n) is 17.4.